The Morgan fingerprint density at radius 3 is 2.52 bits per heavy atom. The number of halogens is 1. The second kappa shape index (κ2) is 7.45. The van der Waals surface area contributed by atoms with Crippen LogP contribution in [0.15, 0.2) is 22.0 Å². The van der Waals surface area contributed by atoms with Gasteiger partial charge in [-0.1, -0.05) is 11.6 Å². The molecule has 0 radical (unpaired) electrons. The highest BCUT2D eigenvalue weighted by atomic mass is 35.5. The van der Waals surface area contributed by atoms with Crippen molar-refractivity contribution in [3.8, 4) is 5.75 Å². The van der Waals surface area contributed by atoms with Crippen molar-refractivity contribution in [1.82, 2.24) is 4.90 Å². The summed E-state index contributed by atoms with van der Waals surface area (Å²) in [7, 11) is 0. The second-order valence-corrected chi connectivity index (χ2v) is 7.45. The van der Waals surface area contributed by atoms with Gasteiger partial charge >= 0.3 is 5.69 Å². The summed E-state index contributed by atoms with van der Waals surface area (Å²) in [6, 6.07) is 2.36. The van der Waals surface area contributed by atoms with Gasteiger partial charge in [0.2, 0.25) is 5.75 Å². The normalized spacial score (nSPS) is 18.2. The van der Waals surface area contributed by atoms with E-state index in [1.54, 1.807) is 4.90 Å². The third-order valence-electron chi connectivity index (χ3n) is 3.29. The Labute approximate surface area is 154 Å². The van der Waals surface area contributed by atoms with E-state index in [0.29, 0.717) is 10.1 Å². The average Bonchev–Trinajstić information content (AvgIpc) is 2.77. The monoisotopic (exact) mass is 383 g/mol. The minimum atomic E-state index is -0.723. The van der Waals surface area contributed by atoms with E-state index in [2.05, 4.69) is 4.99 Å². The van der Waals surface area contributed by atoms with Crippen LogP contribution < -0.4 is 0 Å². The molecule has 1 fully saturated rings. The first-order valence-corrected chi connectivity index (χ1v) is 8.79. The number of amides is 1. The van der Waals surface area contributed by atoms with E-state index in [9.17, 15) is 20.0 Å². The van der Waals surface area contributed by atoms with Crippen LogP contribution in [0.1, 0.15) is 33.3 Å². The van der Waals surface area contributed by atoms with E-state index in [-0.39, 0.29) is 28.6 Å². The smallest absolute Gasteiger partial charge is 0.312 e. The lowest BCUT2D eigenvalue weighted by Gasteiger charge is -2.20. The van der Waals surface area contributed by atoms with Crippen LogP contribution in [-0.4, -0.2) is 38.1 Å². The number of hydrogen-bond acceptors (Lipinski definition) is 6. The van der Waals surface area contributed by atoms with Gasteiger partial charge < -0.3 is 5.11 Å². The topological polar surface area (TPSA) is 96.0 Å². The number of benzene rings is 1. The number of rotatable bonds is 4. The maximum absolute atomic E-state index is 12.7. The van der Waals surface area contributed by atoms with Crippen LogP contribution in [0.5, 0.6) is 5.75 Å². The molecular weight excluding hydrogens is 366 g/mol. The van der Waals surface area contributed by atoms with Crippen molar-refractivity contribution in [2.45, 2.75) is 39.8 Å². The van der Waals surface area contributed by atoms with Gasteiger partial charge in [0.1, 0.15) is 0 Å². The largest absolute Gasteiger partial charge is 0.502 e. The van der Waals surface area contributed by atoms with Gasteiger partial charge in [-0.2, -0.15) is 0 Å². The van der Waals surface area contributed by atoms with E-state index < -0.39 is 16.4 Å². The number of carbonyl (C=O) groups is 1. The molecule has 1 aromatic carbocycles. The lowest BCUT2D eigenvalue weighted by molar-refractivity contribution is -0.385. The number of phenolic OH excluding ortho intramolecular Hbond substituents is 1. The Bertz CT molecular complexity index is 790. The molecule has 9 heteroatoms. The van der Waals surface area contributed by atoms with Crippen LogP contribution in [0.4, 0.5) is 5.69 Å². The Morgan fingerprint density at radius 2 is 2.00 bits per heavy atom. The molecule has 0 bridgehead atoms. The molecule has 134 valence electrons. The maximum atomic E-state index is 12.7. The van der Waals surface area contributed by atoms with Crippen LogP contribution in [0.25, 0.3) is 6.08 Å². The number of thioether (sulfide) groups is 1. The summed E-state index contributed by atoms with van der Waals surface area (Å²) >= 11 is 7.06. The number of amidine groups is 1. The highest BCUT2D eigenvalue weighted by Gasteiger charge is 2.35. The summed E-state index contributed by atoms with van der Waals surface area (Å²) in [6.07, 6.45) is 1.40. The third kappa shape index (κ3) is 4.13. The molecule has 0 aromatic heterocycles. The SMILES string of the molecule is CC(C)N=C1S/C(=C/c2cc(Cl)cc([N+](=O)[O-])c2O)C(=O)N1C(C)C. The summed E-state index contributed by atoms with van der Waals surface area (Å²) < 4.78 is 0. The van der Waals surface area contributed by atoms with Gasteiger partial charge in [0.05, 0.1) is 9.83 Å². The summed E-state index contributed by atoms with van der Waals surface area (Å²) in [5, 5.41) is 21.8. The van der Waals surface area contributed by atoms with E-state index in [1.165, 1.54) is 23.9 Å². The van der Waals surface area contributed by atoms with Crippen LogP contribution in [-0.2, 0) is 4.79 Å². The van der Waals surface area contributed by atoms with Gasteiger partial charge in [-0.05, 0) is 51.6 Å². The Hall–Kier alpha value is -2.06. The zero-order chi connectivity index (χ0) is 18.9. The molecule has 7 nitrogen and oxygen atoms in total. The summed E-state index contributed by atoms with van der Waals surface area (Å²) in [4.78, 5) is 29.3. The Morgan fingerprint density at radius 1 is 1.36 bits per heavy atom. The number of nitro groups is 1. The Balaban J connectivity index is 2.52. The number of aliphatic imine (C=N–C) groups is 1. The van der Waals surface area contributed by atoms with Crippen molar-refractivity contribution in [3.05, 3.63) is 37.7 Å². The molecule has 1 aromatic rings. The van der Waals surface area contributed by atoms with Crippen LogP contribution in [0.2, 0.25) is 5.02 Å². The van der Waals surface area contributed by atoms with Gasteiger partial charge in [-0.15, -0.1) is 0 Å². The highest BCUT2D eigenvalue weighted by molar-refractivity contribution is 8.18. The molecule has 1 amide bonds. The maximum Gasteiger partial charge on any atom is 0.312 e. The van der Waals surface area contributed by atoms with E-state index >= 15 is 0 Å². The molecule has 1 aliphatic rings. The number of nitro benzene ring substituents is 1. The number of carbonyl (C=O) groups excluding carboxylic acids is 1. The minimum absolute atomic E-state index is 0.0107. The second-order valence-electron chi connectivity index (χ2n) is 6.00. The van der Waals surface area contributed by atoms with Gasteiger partial charge in [0.25, 0.3) is 5.91 Å². The van der Waals surface area contributed by atoms with Crippen molar-refractivity contribution >= 4 is 46.2 Å². The standard InChI is InChI=1S/C16H18ClN3O4S/c1-8(2)18-16-19(9(3)4)15(22)13(25-16)6-10-5-11(17)7-12(14(10)21)20(23)24/h5-9,21H,1-4H3/b13-6+,18-16?. The molecule has 2 rings (SSSR count). The van der Waals surface area contributed by atoms with Gasteiger partial charge in [-0.25, -0.2) is 0 Å². The number of nitrogens with zero attached hydrogens (tertiary/aromatic N) is 3. The molecular formula is C16H18ClN3O4S. The van der Waals surface area contributed by atoms with Gasteiger partial charge in [0.15, 0.2) is 5.17 Å². The van der Waals surface area contributed by atoms with Crippen molar-refractivity contribution < 1.29 is 14.8 Å². The number of aromatic hydroxyl groups is 1. The van der Waals surface area contributed by atoms with Crippen LogP contribution in [0.3, 0.4) is 0 Å². The predicted molar refractivity (Wildman–Crippen MR) is 99.9 cm³/mol. The lowest BCUT2D eigenvalue weighted by atomic mass is 10.1. The number of phenols is 1. The summed E-state index contributed by atoms with van der Waals surface area (Å²) in [5.41, 5.74) is -0.392. The first kappa shape index (κ1) is 19.3. The van der Waals surface area contributed by atoms with Crippen LogP contribution >= 0.6 is 23.4 Å². The summed E-state index contributed by atoms with van der Waals surface area (Å²) in [6.45, 7) is 7.56. The molecule has 0 unspecified atom stereocenters. The fraction of sp³-hybridized carbons (Fsp3) is 0.375. The fourth-order valence-corrected chi connectivity index (χ4v) is 3.69. The number of hydrogen-bond donors (Lipinski definition) is 1. The molecule has 0 aliphatic carbocycles. The minimum Gasteiger partial charge on any atom is -0.502 e. The first-order valence-electron chi connectivity index (χ1n) is 7.59. The lowest BCUT2D eigenvalue weighted by Crippen LogP contribution is -2.35. The van der Waals surface area contributed by atoms with Crippen molar-refractivity contribution in [2.75, 3.05) is 0 Å². The fourth-order valence-electron chi connectivity index (χ4n) is 2.25. The van der Waals surface area contributed by atoms with Gasteiger partial charge in [0, 0.05) is 28.7 Å². The van der Waals surface area contributed by atoms with Crippen LogP contribution in [0, 0.1) is 10.1 Å². The molecule has 0 saturated carbocycles. The Kier molecular flexibility index (Phi) is 5.74. The van der Waals surface area contributed by atoms with Crippen molar-refractivity contribution in [2.24, 2.45) is 4.99 Å². The van der Waals surface area contributed by atoms with E-state index in [4.69, 9.17) is 11.6 Å². The zero-order valence-corrected chi connectivity index (χ0v) is 15.8. The van der Waals surface area contributed by atoms with Crippen molar-refractivity contribution in [3.63, 3.8) is 0 Å². The summed E-state index contributed by atoms with van der Waals surface area (Å²) in [5.74, 6) is -0.790. The third-order valence-corrected chi connectivity index (χ3v) is 4.50. The van der Waals surface area contributed by atoms with E-state index in [0.717, 1.165) is 6.07 Å². The van der Waals surface area contributed by atoms with E-state index in [1.807, 2.05) is 27.7 Å². The van der Waals surface area contributed by atoms with Crippen molar-refractivity contribution in [1.29, 1.82) is 0 Å². The average molecular weight is 384 g/mol. The molecule has 25 heavy (non-hydrogen) atoms. The molecule has 1 N–H and O–H groups in total. The molecule has 1 heterocycles. The zero-order valence-electron chi connectivity index (χ0n) is 14.2. The quantitative estimate of drug-likeness (QED) is 0.480. The molecule has 0 spiro atoms. The molecule has 1 aliphatic heterocycles. The predicted octanol–water partition coefficient (Wildman–Crippen LogP) is 4.04. The highest BCUT2D eigenvalue weighted by Crippen LogP contribution is 2.39. The first-order chi connectivity index (χ1) is 11.6. The molecule has 1 saturated heterocycles. The molecule has 0 atom stereocenters. The van der Waals surface area contributed by atoms with Gasteiger partial charge in [-0.3, -0.25) is 24.8 Å².